The number of carbonyl (C=O) groups is 1. The molecule has 10 heteroatoms. The third-order valence-electron chi connectivity index (χ3n) is 6.12. The normalized spacial score (nSPS) is 14.0. The van der Waals surface area contributed by atoms with Crippen LogP contribution in [0.5, 0.6) is 11.5 Å². The first-order chi connectivity index (χ1) is 17.9. The van der Waals surface area contributed by atoms with Crippen LogP contribution in [0.2, 0.25) is 0 Å². The summed E-state index contributed by atoms with van der Waals surface area (Å²) in [5.41, 5.74) is 7.32. The maximum Gasteiger partial charge on any atom is 0.335 e. The lowest BCUT2D eigenvalue weighted by Crippen LogP contribution is -2.53. The van der Waals surface area contributed by atoms with Gasteiger partial charge >= 0.3 is 5.69 Å². The lowest BCUT2D eigenvalue weighted by Gasteiger charge is -2.39. The second-order valence-electron chi connectivity index (χ2n) is 9.13. The van der Waals surface area contributed by atoms with E-state index in [4.69, 9.17) is 10.5 Å². The maximum absolute atomic E-state index is 13.7. The summed E-state index contributed by atoms with van der Waals surface area (Å²) in [6.45, 7) is 4.37. The van der Waals surface area contributed by atoms with Crippen molar-refractivity contribution in [2.75, 3.05) is 18.8 Å². The van der Waals surface area contributed by atoms with E-state index in [1.807, 2.05) is 50.2 Å². The third kappa shape index (κ3) is 4.43. The van der Waals surface area contributed by atoms with E-state index in [9.17, 15) is 14.9 Å². The molecule has 37 heavy (non-hydrogen) atoms. The van der Waals surface area contributed by atoms with Crippen molar-refractivity contribution in [2.45, 2.75) is 19.9 Å². The fraction of sp³-hybridized carbons (Fsp3) is 0.222. The van der Waals surface area contributed by atoms with Crippen LogP contribution in [0.1, 0.15) is 19.9 Å². The number of carbonyl (C=O) groups excluding carboxylic acids is 1. The molecule has 1 amide bonds. The number of anilines is 1. The van der Waals surface area contributed by atoms with E-state index in [2.05, 4.69) is 9.97 Å². The molecule has 10 nitrogen and oxygen atoms in total. The monoisotopic (exact) mass is 495 g/mol. The van der Waals surface area contributed by atoms with E-state index in [1.165, 1.54) is 10.9 Å². The highest BCUT2D eigenvalue weighted by Gasteiger charge is 2.36. The molecule has 0 bridgehead atoms. The van der Waals surface area contributed by atoms with Gasteiger partial charge in [0.1, 0.15) is 35.0 Å². The number of nitrogens with two attached hydrogens (primary N) is 1. The number of nitrogen functional groups attached to an aromatic ring is 1. The Morgan fingerprint density at radius 1 is 1.11 bits per heavy atom. The number of benzene rings is 2. The molecule has 3 heterocycles. The smallest absolute Gasteiger partial charge is 0.335 e. The predicted octanol–water partition coefficient (Wildman–Crippen LogP) is 3.45. The highest BCUT2D eigenvalue weighted by Crippen LogP contribution is 2.29. The van der Waals surface area contributed by atoms with E-state index in [1.54, 1.807) is 39.8 Å². The molecule has 0 radical (unpaired) electrons. The molecule has 4 aromatic rings. The van der Waals surface area contributed by atoms with Crippen LogP contribution in [0.3, 0.4) is 0 Å². The molecule has 0 saturated carbocycles. The second-order valence-corrected chi connectivity index (χ2v) is 9.13. The van der Waals surface area contributed by atoms with Gasteiger partial charge in [0.2, 0.25) is 0 Å². The van der Waals surface area contributed by atoms with Gasteiger partial charge in [-0.1, -0.05) is 38.1 Å². The van der Waals surface area contributed by atoms with Crippen molar-refractivity contribution < 1.29 is 9.53 Å². The van der Waals surface area contributed by atoms with Crippen LogP contribution in [0.15, 0.2) is 77.4 Å². The molecule has 0 aliphatic carbocycles. The fourth-order valence-electron chi connectivity index (χ4n) is 4.37. The molecule has 0 unspecified atom stereocenters. The Labute approximate surface area is 212 Å². The summed E-state index contributed by atoms with van der Waals surface area (Å²) in [5.74, 6) is 1.22. The highest BCUT2D eigenvalue weighted by molar-refractivity contribution is 5.97. The summed E-state index contributed by atoms with van der Waals surface area (Å²) < 4.78 is 8.88. The third-order valence-corrected chi connectivity index (χ3v) is 6.12. The summed E-state index contributed by atoms with van der Waals surface area (Å²) in [5, 5.41) is 9.38. The number of likely N-dealkylation sites (tertiary alicyclic amines) is 1. The van der Waals surface area contributed by atoms with Gasteiger partial charge in [0, 0.05) is 13.1 Å². The van der Waals surface area contributed by atoms with Crippen molar-refractivity contribution in [1.29, 1.82) is 5.26 Å². The minimum atomic E-state index is -0.340. The molecule has 186 valence electrons. The Morgan fingerprint density at radius 2 is 1.78 bits per heavy atom. The maximum atomic E-state index is 13.7. The van der Waals surface area contributed by atoms with Crippen molar-refractivity contribution in [3.63, 3.8) is 0 Å². The van der Waals surface area contributed by atoms with Crippen molar-refractivity contribution >= 4 is 22.9 Å². The van der Waals surface area contributed by atoms with Gasteiger partial charge in [0.05, 0.1) is 11.7 Å². The molecule has 1 aliphatic rings. The molecule has 2 aromatic heterocycles. The Kier molecular flexibility index (Phi) is 6.19. The average molecular weight is 496 g/mol. The standard InChI is InChI=1S/C27H25N7O3/c1-17(2)12-18(13-28)26(35)32-14-20(15-32)34-25-23(24(29)30-16-31-25)33(27(34)36)19-8-10-22(11-9-19)37-21-6-4-3-5-7-21/h3-12,16-17,20H,14-15H2,1-2H3,(H2,29,30,31)/b18-12-. The number of allylic oxidation sites excluding steroid dienone is 1. The Bertz CT molecular complexity index is 1590. The van der Waals surface area contributed by atoms with Gasteiger partial charge in [0.15, 0.2) is 11.5 Å². The van der Waals surface area contributed by atoms with Gasteiger partial charge in [-0.2, -0.15) is 5.26 Å². The molecule has 1 aliphatic heterocycles. The number of hydrogen-bond acceptors (Lipinski definition) is 7. The SMILES string of the molecule is CC(C)/C=C(/C#N)C(=O)N1CC(n2c(=O)n(-c3ccc(Oc4ccccc4)cc3)c3c(N)ncnc32)C1. The van der Waals surface area contributed by atoms with Crippen molar-refractivity contribution in [3.8, 4) is 23.3 Å². The lowest BCUT2D eigenvalue weighted by molar-refractivity contribution is -0.132. The van der Waals surface area contributed by atoms with E-state index in [0.717, 1.165) is 0 Å². The molecule has 1 saturated heterocycles. The van der Waals surface area contributed by atoms with Crippen LogP contribution < -0.4 is 16.2 Å². The number of amides is 1. The van der Waals surface area contributed by atoms with Crippen LogP contribution in [0.4, 0.5) is 5.82 Å². The lowest BCUT2D eigenvalue weighted by atomic mass is 10.0. The van der Waals surface area contributed by atoms with Crippen molar-refractivity contribution in [1.82, 2.24) is 24.0 Å². The summed E-state index contributed by atoms with van der Waals surface area (Å²) in [7, 11) is 0. The molecule has 0 spiro atoms. The summed E-state index contributed by atoms with van der Waals surface area (Å²) >= 11 is 0. The Balaban J connectivity index is 1.46. The van der Waals surface area contributed by atoms with Gasteiger partial charge in [-0.15, -0.1) is 0 Å². The van der Waals surface area contributed by atoms with E-state index in [-0.39, 0.29) is 48.0 Å². The molecule has 1 fully saturated rings. The number of fused-ring (bicyclic) bond motifs is 1. The zero-order valence-corrected chi connectivity index (χ0v) is 20.4. The highest BCUT2D eigenvalue weighted by atomic mass is 16.5. The number of aromatic nitrogens is 4. The summed E-state index contributed by atoms with van der Waals surface area (Å²) in [6.07, 6.45) is 2.96. The van der Waals surface area contributed by atoms with Gasteiger partial charge in [-0.3, -0.25) is 13.9 Å². The zero-order valence-electron chi connectivity index (χ0n) is 20.4. The van der Waals surface area contributed by atoms with Crippen LogP contribution in [0.25, 0.3) is 16.9 Å². The number of imidazole rings is 1. The first kappa shape index (κ1) is 23.8. The molecule has 2 aromatic carbocycles. The fourth-order valence-corrected chi connectivity index (χ4v) is 4.37. The minimum Gasteiger partial charge on any atom is -0.457 e. The number of rotatable bonds is 6. The average Bonchev–Trinajstić information content (AvgIpc) is 3.15. The summed E-state index contributed by atoms with van der Waals surface area (Å²) in [6, 6.07) is 18.1. The minimum absolute atomic E-state index is 0.0698. The van der Waals surface area contributed by atoms with Crippen molar-refractivity contribution in [3.05, 3.63) is 83.1 Å². The Hall–Kier alpha value is -4.91. The van der Waals surface area contributed by atoms with E-state index < -0.39 is 0 Å². The number of hydrogen-bond donors (Lipinski definition) is 1. The van der Waals surface area contributed by atoms with Gasteiger partial charge in [0.25, 0.3) is 5.91 Å². The van der Waals surface area contributed by atoms with Gasteiger partial charge in [-0.05, 0) is 42.3 Å². The quantitative estimate of drug-likeness (QED) is 0.320. The van der Waals surface area contributed by atoms with Crippen LogP contribution in [0, 0.1) is 17.2 Å². The van der Waals surface area contributed by atoms with Crippen molar-refractivity contribution in [2.24, 2.45) is 5.92 Å². The number of nitriles is 1. The van der Waals surface area contributed by atoms with Crippen LogP contribution in [-0.2, 0) is 4.79 Å². The van der Waals surface area contributed by atoms with Crippen LogP contribution >= 0.6 is 0 Å². The first-order valence-corrected chi connectivity index (χ1v) is 11.8. The number of nitrogens with zero attached hydrogens (tertiary/aromatic N) is 6. The Morgan fingerprint density at radius 3 is 2.43 bits per heavy atom. The summed E-state index contributed by atoms with van der Waals surface area (Å²) in [4.78, 5) is 36.4. The van der Waals surface area contributed by atoms with Gasteiger partial charge < -0.3 is 15.4 Å². The molecular weight excluding hydrogens is 470 g/mol. The zero-order chi connectivity index (χ0) is 26.1. The second kappa shape index (κ2) is 9.62. The first-order valence-electron chi connectivity index (χ1n) is 11.8. The topological polar surface area (TPSA) is 132 Å². The molecule has 5 rings (SSSR count). The van der Waals surface area contributed by atoms with E-state index in [0.29, 0.717) is 28.4 Å². The molecule has 0 atom stereocenters. The van der Waals surface area contributed by atoms with Gasteiger partial charge in [-0.25, -0.2) is 14.8 Å². The van der Waals surface area contributed by atoms with Crippen LogP contribution in [-0.4, -0.2) is 43.0 Å². The molecule has 2 N–H and O–H groups in total. The number of ether oxygens (including phenoxy) is 1. The molecular formula is C27H25N7O3. The largest absolute Gasteiger partial charge is 0.457 e. The number of para-hydroxylation sites is 1. The predicted molar refractivity (Wildman–Crippen MR) is 138 cm³/mol. The van der Waals surface area contributed by atoms with E-state index >= 15 is 0 Å².